The number of hydrogen-bond donors (Lipinski definition) is 3. The number of carbonyl (C=O) groups excluding carboxylic acids is 1. The van der Waals surface area contributed by atoms with Crippen LogP contribution >= 0.6 is 0 Å². The molecule has 1 saturated carbocycles. The third-order valence-corrected chi connectivity index (χ3v) is 8.10. The molecule has 0 aliphatic heterocycles. The molecule has 1 fully saturated rings. The number of aromatic amines is 1. The Morgan fingerprint density at radius 2 is 1.95 bits per heavy atom. The van der Waals surface area contributed by atoms with Crippen LogP contribution in [-0.4, -0.2) is 22.8 Å². The molecule has 1 amide bonds. The highest BCUT2D eigenvalue weighted by Gasteiger charge is 2.47. The van der Waals surface area contributed by atoms with E-state index in [1.54, 1.807) is 12.1 Å². The fourth-order valence-electron chi connectivity index (χ4n) is 5.92. The number of carbonyl (C=O) groups is 1. The number of amides is 1. The second-order valence-electron chi connectivity index (χ2n) is 10.4. The number of halogens is 1. The van der Waals surface area contributed by atoms with Crippen molar-refractivity contribution in [2.75, 3.05) is 0 Å². The van der Waals surface area contributed by atoms with Crippen LogP contribution in [0.5, 0.6) is 0 Å². The van der Waals surface area contributed by atoms with Crippen LogP contribution in [0.15, 0.2) is 94.4 Å². The molecule has 0 radical (unpaired) electrons. The first-order chi connectivity index (χ1) is 18.4. The quantitative estimate of drug-likeness (QED) is 0.332. The Bertz CT molecular complexity index is 1420. The zero-order valence-corrected chi connectivity index (χ0v) is 21.3. The van der Waals surface area contributed by atoms with E-state index in [0.29, 0.717) is 17.2 Å². The van der Waals surface area contributed by atoms with Crippen molar-refractivity contribution in [3.05, 3.63) is 112 Å². The predicted molar refractivity (Wildman–Crippen MR) is 148 cm³/mol. The molecule has 0 bridgehead atoms. The van der Waals surface area contributed by atoms with E-state index < -0.39 is 0 Å². The van der Waals surface area contributed by atoms with Crippen LogP contribution in [0, 0.1) is 28.5 Å². The average molecular weight is 511 g/mol. The van der Waals surface area contributed by atoms with Gasteiger partial charge in [0.15, 0.2) is 0 Å². The van der Waals surface area contributed by atoms with Crippen molar-refractivity contribution in [1.29, 1.82) is 5.41 Å². The van der Waals surface area contributed by atoms with E-state index in [9.17, 15) is 14.0 Å². The molecule has 6 nitrogen and oxygen atoms in total. The Balaban J connectivity index is 1.41. The number of benzene rings is 2. The third-order valence-electron chi connectivity index (χ3n) is 8.10. The van der Waals surface area contributed by atoms with Crippen molar-refractivity contribution >= 4 is 23.5 Å². The molecule has 7 heteroatoms. The molecule has 0 saturated heterocycles. The average Bonchev–Trinajstić information content (AvgIpc) is 3.24. The van der Waals surface area contributed by atoms with Crippen molar-refractivity contribution in [2.24, 2.45) is 22.2 Å². The first-order valence-electron chi connectivity index (χ1n) is 13.0. The van der Waals surface area contributed by atoms with E-state index in [1.165, 1.54) is 42.3 Å². The largest absolute Gasteiger partial charge is 0.345 e. The normalized spacial score (nSPS) is 24.4. The van der Waals surface area contributed by atoms with Crippen molar-refractivity contribution < 1.29 is 9.18 Å². The van der Waals surface area contributed by atoms with E-state index in [4.69, 9.17) is 10.4 Å². The van der Waals surface area contributed by atoms with Gasteiger partial charge in [0, 0.05) is 30.1 Å². The smallest absolute Gasteiger partial charge is 0.253 e. The minimum absolute atomic E-state index is 0.125. The zero-order valence-electron chi connectivity index (χ0n) is 21.3. The molecule has 4 atom stereocenters. The third kappa shape index (κ3) is 5.28. The van der Waals surface area contributed by atoms with Gasteiger partial charge in [0.2, 0.25) is 5.56 Å². The molecule has 2 aliphatic carbocycles. The second kappa shape index (κ2) is 10.7. The Morgan fingerprint density at radius 1 is 1.18 bits per heavy atom. The number of aromatic nitrogens is 1. The summed E-state index contributed by atoms with van der Waals surface area (Å²) in [6.07, 6.45) is 8.47. The molecule has 0 spiro atoms. The number of allylic oxidation sites excluding steroid dienone is 2. The summed E-state index contributed by atoms with van der Waals surface area (Å²) in [5.74, 6) is -0.375. The number of hydrogen-bond acceptors (Lipinski definition) is 4. The summed E-state index contributed by atoms with van der Waals surface area (Å²) < 4.78 is 13.4. The van der Waals surface area contributed by atoms with Crippen LogP contribution < -0.4 is 10.9 Å². The van der Waals surface area contributed by atoms with Crippen molar-refractivity contribution in [3.8, 4) is 0 Å². The number of aliphatic imine (C=N–C) groups is 1. The number of pyridine rings is 1. The minimum atomic E-state index is -0.300. The molecule has 1 heterocycles. The van der Waals surface area contributed by atoms with Gasteiger partial charge in [-0.2, -0.15) is 0 Å². The van der Waals surface area contributed by atoms with E-state index >= 15 is 0 Å². The Kier molecular flexibility index (Phi) is 7.18. The monoisotopic (exact) mass is 510 g/mol. The number of H-pyrrole nitrogens is 1. The van der Waals surface area contributed by atoms with E-state index in [0.717, 1.165) is 37.0 Å². The highest BCUT2D eigenvalue weighted by atomic mass is 19.1. The van der Waals surface area contributed by atoms with Crippen LogP contribution in [0.2, 0.25) is 0 Å². The van der Waals surface area contributed by atoms with Gasteiger partial charge in [-0.15, -0.1) is 0 Å². The van der Waals surface area contributed by atoms with Gasteiger partial charge in [-0.05, 0) is 79.0 Å². The summed E-state index contributed by atoms with van der Waals surface area (Å²) in [6.45, 7) is 2.27. The van der Waals surface area contributed by atoms with Gasteiger partial charge in [-0.25, -0.2) is 4.39 Å². The summed E-state index contributed by atoms with van der Waals surface area (Å²) in [5, 5.41) is 11.3. The summed E-state index contributed by atoms with van der Waals surface area (Å²) in [7, 11) is 0. The van der Waals surface area contributed by atoms with Crippen molar-refractivity contribution in [3.63, 3.8) is 0 Å². The highest BCUT2D eigenvalue weighted by Crippen LogP contribution is 2.56. The van der Waals surface area contributed by atoms with E-state index in [1.807, 2.05) is 30.3 Å². The fourth-order valence-corrected chi connectivity index (χ4v) is 5.92. The molecule has 5 rings (SSSR count). The molecule has 3 N–H and O–H groups in total. The lowest BCUT2D eigenvalue weighted by Crippen LogP contribution is -2.37. The highest BCUT2D eigenvalue weighted by molar-refractivity contribution is 6.08. The second-order valence-corrected chi connectivity index (χ2v) is 10.4. The lowest BCUT2D eigenvalue weighted by Gasteiger charge is -2.40. The van der Waals surface area contributed by atoms with E-state index in [2.05, 4.69) is 23.3 Å². The topological polar surface area (TPSA) is 98.2 Å². The lowest BCUT2D eigenvalue weighted by atomic mass is 9.65. The van der Waals surface area contributed by atoms with Crippen molar-refractivity contribution in [1.82, 2.24) is 10.3 Å². The van der Waals surface area contributed by atoms with E-state index in [-0.39, 0.29) is 34.7 Å². The van der Waals surface area contributed by atoms with Crippen LogP contribution in [0.1, 0.15) is 54.6 Å². The van der Waals surface area contributed by atoms with Gasteiger partial charge in [-0.1, -0.05) is 42.8 Å². The predicted octanol–water partition coefficient (Wildman–Crippen LogP) is 6.16. The molecule has 3 aromatic rings. The van der Waals surface area contributed by atoms with Crippen LogP contribution in [0.3, 0.4) is 0 Å². The molecule has 38 heavy (non-hydrogen) atoms. The molecule has 2 aliphatic rings. The number of rotatable bonds is 7. The molecule has 194 valence electrons. The Labute approximate surface area is 221 Å². The summed E-state index contributed by atoms with van der Waals surface area (Å²) >= 11 is 0. The number of fused-ring (bicyclic) bond motifs is 1. The first-order valence-corrected chi connectivity index (χ1v) is 13.0. The van der Waals surface area contributed by atoms with Crippen LogP contribution in [-0.2, 0) is 0 Å². The SMILES string of the molecule is CC12CC(C=N)C(=Nc3ccc(F)cc3)C=C1CCC2CC(NC(=O)c1ccc(=O)[nH]c1)c1ccccc1. The standard InChI is InChI=1S/C31H31FN4O2/c1-31-17-22(18-33)28(35-26-12-10-25(32)11-13-26)16-24(31)9-8-23(31)15-27(20-5-3-2-4-6-20)36-30(38)21-7-14-29(37)34-19-21/h2-7,10-14,16,18-19,22-23,27,33H,8-9,15,17H2,1H3,(H,34,37)(H,36,38). The Hall–Kier alpha value is -4.13. The van der Waals surface area contributed by atoms with Crippen molar-refractivity contribution in [2.45, 2.75) is 38.6 Å². The molecule has 4 unspecified atom stereocenters. The summed E-state index contributed by atoms with van der Waals surface area (Å²) in [6, 6.07) is 18.7. The maximum absolute atomic E-state index is 13.4. The molecular weight excluding hydrogens is 479 g/mol. The van der Waals surface area contributed by atoms with Crippen LogP contribution in [0.25, 0.3) is 0 Å². The number of nitrogens with zero attached hydrogens (tertiary/aromatic N) is 1. The van der Waals surface area contributed by atoms with Gasteiger partial charge >= 0.3 is 0 Å². The zero-order chi connectivity index (χ0) is 26.7. The Morgan fingerprint density at radius 3 is 2.63 bits per heavy atom. The van der Waals surface area contributed by atoms with Gasteiger partial charge in [0.05, 0.1) is 17.3 Å². The molecule has 2 aromatic carbocycles. The van der Waals surface area contributed by atoms with Gasteiger partial charge in [0.25, 0.3) is 5.91 Å². The molecular formula is C31H31FN4O2. The lowest BCUT2D eigenvalue weighted by molar-refractivity contribution is 0.0921. The maximum Gasteiger partial charge on any atom is 0.253 e. The fraction of sp³-hybridized carbons (Fsp3) is 0.290. The van der Waals surface area contributed by atoms with Gasteiger partial charge < -0.3 is 15.7 Å². The first kappa shape index (κ1) is 25.5. The van der Waals surface area contributed by atoms with Gasteiger partial charge in [0.1, 0.15) is 5.82 Å². The summed E-state index contributed by atoms with van der Waals surface area (Å²) in [5.41, 5.74) is 3.90. The minimum Gasteiger partial charge on any atom is -0.345 e. The summed E-state index contributed by atoms with van der Waals surface area (Å²) in [4.78, 5) is 31.9. The maximum atomic E-state index is 13.4. The number of nitrogens with one attached hydrogen (secondary N) is 3. The molecule has 1 aromatic heterocycles. The van der Waals surface area contributed by atoms with Crippen LogP contribution in [0.4, 0.5) is 10.1 Å². The van der Waals surface area contributed by atoms with Gasteiger partial charge in [-0.3, -0.25) is 14.6 Å².